The maximum Gasteiger partial charge on any atom is 0.407 e. The van der Waals surface area contributed by atoms with E-state index in [2.05, 4.69) is 29.6 Å². The number of carbonyl (C=O) groups is 3. The molecule has 1 aliphatic heterocycles. The molecular weight excluding hydrogens is 444 g/mol. The molecule has 1 saturated heterocycles. The Morgan fingerprint density at radius 3 is 2.26 bits per heavy atom. The van der Waals surface area contributed by atoms with Gasteiger partial charge >= 0.3 is 12.1 Å². The highest BCUT2D eigenvalue weighted by Gasteiger charge is 2.42. The number of hydrogen-bond acceptors (Lipinski definition) is 4. The van der Waals surface area contributed by atoms with Crippen LogP contribution < -0.4 is 5.32 Å². The highest BCUT2D eigenvalue weighted by Crippen LogP contribution is 2.44. The molecule has 4 atom stereocenters. The van der Waals surface area contributed by atoms with Gasteiger partial charge in [-0.15, -0.1) is 0 Å². The molecule has 1 aliphatic carbocycles. The number of carboxylic acid groups (broad SMARTS) is 1. The number of benzene rings is 2. The number of hydrogen-bond donors (Lipinski definition) is 2. The molecule has 4 unspecified atom stereocenters. The smallest absolute Gasteiger partial charge is 0.407 e. The van der Waals surface area contributed by atoms with Gasteiger partial charge in [0.05, 0.1) is 0 Å². The molecule has 7 heteroatoms. The fourth-order valence-corrected chi connectivity index (χ4v) is 5.34. The van der Waals surface area contributed by atoms with Crippen molar-refractivity contribution in [1.82, 2.24) is 10.2 Å². The minimum absolute atomic E-state index is 0.0762. The average molecular weight is 479 g/mol. The predicted molar refractivity (Wildman–Crippen MR) is 133 cm³/mol. The van der Waals surface area contributed by atoms with Gasteiger partial charge in [-0.2, -0.15) is 0 Å². The molecule has 2 aromatic carbocycles. The van der Waals surface area contributed by atoms with Crippen molar-refractivity contribution in [1.29, 1.82) is 0 Å². The number of ether oxygens (including phenoxy) is 1. The lowest BCUT2D eigenvalue weighted by atomic mass is 9.97. The Balaban J connectivity index is 1.46. The summed E-state index contributed by atoms with van der Waals surface area (Å²) in [7, 11) is 0. The topological polar surface area (TPSA) is 95.9 Å². The lowest BCUT2D eigenvalue weighted by Gasteiger charge is -2.29. The number of alkyl carbamates (subject to hydrolysis) is 1. The van der Waals surface area contributed by atoms with E-state index in [0.717, 1.165) is 28.7 Å². The fourth-order valence-electron chi connectivity index (χ4n) is 5.34. The molecule has 0 aromatic heterocycles. The first-order chi connectivity index (χ1) is 16.8. The van der Waals surface area contributed by atoms with E-state index in [0.29, 0.717) is 19.4 Å². The third-order valence-electron chi connectivity index (χ3n) is 7.51. The van der Waals surface area contributed by atoms with Crippen LogP contribution in [0.1, 0.15) is 57.1 Å². The molecular formula is C28H34N2O5. The highest BCUT2D eigenvalue weighted by molar-refractivity contribution is 5.90. The largest absolute Gasteiger partial charge is 0.480 e. The molecule has 35 heavy (non-hydrogen) atoms. The fraction of sp³-hybridized carbons (Fsp3) is 0.464. The van der Waals surface area contributed by atoms with E-state index in [9.17, 15) is 19.5 Å². The van der Waals surface area contributed by atoms with E-state index < -0.39 is 24.1 Å². The van der Waals surface area contributed by atoms with Gasteiger partial charge in [-0.3, -0.25) is 4.79 Å². The Morgan fingerprint density at radius 1 is 1.09 bits per heavy atom. The van der Waals surface area contributed by atoms with Gasteiger partial charge in [0.15, 0.2) is 0 Å². The predicted octanol–water partition coefficient (Wildman–Crippen LogP) is 4.65. The van der Waals surface area contributed by atoms with Crippen molar-refractivity contribution in [2.75, 3.05) is 13.2 Å². The third-order valence-corrected chi connectivity index (χ3v) is 7.51. The summed E-state index contributed by atoms with van der Waals surface area (Å²) >= 11 is 0. The van der Waals surface area contributed by atoms with Crippen molar-refractivity contribution in [2.24, 2.45) is 11.8 Å². The maximum absolute atomic E-state index is 13.4. The second-order valence-corrected chi connectivity index (χ2v) is 9.85. The van der Waals surface area contributed by atoms with Crippen molar-refractivity contribution in [2.45, 2.75) is 58.0 Å². The average Bonchev–Trinajstić information content (AvgIpc) is 3.39. The standard InChI is InChI=1S/C28H34N2O5/c1-4-17(2)15-24(26(31)30-14-13-18(3)25(30)27(32)33)29-28(34)35-16-23-21-11-7-5-9-19(21)20-10-6-8-12-22(20)23/h5-12,17-18,23-25H,4,13-16H2,1-3H3,(H,29,34)(H,32,33). The van der Waals surface area contributed by atoms with Crippen LogP contribution in [-0.2, 0) is 14.3 Å². The van der Waals surface area contributed by atoms with Crippen LogP contribution >= 0.6 is 0 Å². The molecule has 2 aliphatic rings. The van der Waals surface area contributed by atoms with E-state index in [1.807, 2.05) is 45.0 Å². The Hall–Kier alpha value is -3.35. The number of likely N-dealkylation sites (tertiary alicyclic amines) is 1. The number of rotatable bonds is 8. The first-order valence-electron chi connectivity index (χ1n) is 12.5. The second-order valence-electron chi connectivity index (χ2n) is 9.85. The van der Waals surface area contributed by atoms with Gasteiger partial charge in [0, 0.05) is 12.5 Å². The van der Waals surface area contributed by atoms with Gasteiger partial charge in [-0.25, -0.2) is 9.59 Å². The quantitative estimate of drug-likeness (QED) is 0.576. The zero-order chi connectivity index (χ0) is 25.1. The first kappa shape index (κ1) is 24.8. The Bertz CT molecular complexity index is 1050. The number of nitrogens with zero attached hydrogens (tertiary/aromatic N) is 1. The number of amides is 2. The number of fused-ring (bicyclic) bond motifs is 3. The minimum Gasteiger partial charge on any atom is -0.480 e. The molecule has 0 saturated carbocycles. The van der Waals surface area contributed by atoms with Crippen molar-refractivity contribution < 1.29 is 24.2 Å². The second kappa shape index (κ2) is 10.5. The summed E-state index contributed by atoms with van der Waals surface area (Å²) in [6.07, 6.45) is 1.24. The summed E-state index contributed by atoms with van der Waals surface area (Å²) in [6, 6.07) is 14.5. The van der Waals surface area contributed by atoms with Crippen molar-refractivity contribution in [3.63, 3.8) is 0 Å². The van der Waals surface area contributed by atoms with Crippen LogP contribution in [0.2, 0.25) is 0 Å². The molecule has 1 fully saturated rings. The molecule has 0 bridgehead atoms. The van der Waals surface area contributed by atoms with Crippen molar-refractivity contribution >= 4 is 18.0 Å². The molecule has 2 N–H and O–H groups in total. The van der Waals surface area contributed by atoms with Gasteiger partial charge in [0.25, 0.3) is 0 Å². The van der Waals surface area contributed by atoms with Gasteiger partial charge in [0.1, 0.15) is 18.7 Å². The van der Waals surface area contributed by atoms with Crippen LogP contribution in [0.15, 0.2) is 48.5 Å². The number of carbonyl (C=O) groups excluding carboxylic acids is 2. The van der Waals surface area contributed by atoms with E-state index in [1.54, 1.807) is 0 Å². The molecule has 4 rings (SSSR count). The highest BCUT2D eigenvalue weighted by atomic mass is 16.5. The molecule has 2 amide bonds. The molecule has 0 spiro atoms. The van der Waals surface area contributed by atoms with Crippen LogP contribution in [0.4, 0.5) is 4.79 Å². The number of nitrogens with one attached hydrogen (secondary N) is 1. The summed E-state index contributed by atoms with van der Waals surface area (Å²) < 4.78 is 5.66. The molecule has 2 aromatic rings. The third kappa shape index (κ3) is 5.04. The summed E-state index contributed by atoms with van der Waals surface area (Å²) in [5, 5.41) is 12.4. The molecule has 1 heterocycles. The van der Waals surface area contributed by atoms with Gasteiger partial charge < -0.3 is 20.1 Å². The monoisotopic (exact) mass is 478 g/mol. The van der Waals surface area contributed by atoms with Gasteiger partial charge in [0.2, 0.25) is 5.91 Å². The normalized spacial score (nSPS) is 20.6. The lowest BCUT2D eigenvalue weighted by molar-refractivity contribution is -0.150. The summed E-state index contributed by atoms with van der Waals surface area (Å²) in [6.45, 7) is 6.41. The minimum atomic E-state index is -1.01. The Labute approximate surface area is 206 Å². The van der Waals surface area contributed by atoms with Gasteiger partial charge in [-0.1, -0.05) is 75.7 Å². The Kier molecular flexibility index (Phi) is 7.43. The van der Waals surface area contributed by atoms with E-state index in [1.165, 1.54) is 4.90 Å². The van der Waals surface area contributed by atoms with Gasteiger partial charge in [-0.05, 0) is 46.9 Å². The van der Waals surface area contributed by atoms with E-state index in [4.69, 9.17) is 4.74 Å². The maximum atomic E-state index is 13.4. The zero-order valence-corrected chi connectivity index (χ0v) is 20.6. The molecule has 7 nitrogen and oxygen atoms in total. The van der Waals surface area contributed by atoms with E-state index in [-0.39, 0.29) is 30.3 Å². The molecule has 186 valence electrons. The van der Waals surface area contributed by atoms with Crippen LogP contribution in [0, 0.1) is 11.8 Å². The first-order valence-corrected chi connectivity index (χ1v) is 12.5. The zero-order valence-electron chi connectivity index (χ0n) is 20.6. The van der Waals surface area contributed by atoms with Crippen LogP contribution in [0.25, 0.3) is 11.1 Å². The SMILES string of the molecule is CCC(C)CC(NC(=O)OCC1c2ccccc2-c2ccccc21)C(=O)N1CCC(C)C1C(=O)O. The molecule has 0 radical (unpaired) electrons. The Morgan fingerprint density at radius 2 is 1.69 bits per heavy atom. The summed E-state index contributed by atoms with van der Waals surface area (Å²) in [5.74, 6) is -1.38. The van der Waals surface area contributed by atoms with Crippen LogP contribution in [0.5, 0.6) is 0 Å². The van der Waals surface area contributed by atoms with Crippen molar-refractivity contribution in [3.8, 4) is 11.1 Å². The van der Waals surface area contributed by atoms with Crippen molar-refractivity contribution in [3.05, 3.63) is 59.7 Å². The van der Waals surface area contributed by atoms with Crippen LogP contribution in [0.3, 0.4) is 0 Å². The number of carboxylic acids is 1. The lowest BCUT2D eigenvalue weighted by Crippen LogP contribution is -2.53. The summed E-state index contributed by atoms with van der Waals surface area (Å²) in [4.78, 5) is 39.5. The number of aliphatic carboxylic acids is 1. The van der Waals surface area contributed by atoms with Crippen LogP contribution in [-0.4, -0.2) is 53.2 Å². The van der Waals surface area contributed by atoms with E-state index >= 15 is 0 Å². The summed E-state index contributed by atoms with van der Waals surface area (Å²) in [5.41, 5.74) is 4.52.